The largest absolute Gasteiger partial charge is 0.465 e. The van der Waals surface area contributed by atoms with Crippen molar-refractivity contribution in [3.8, 4) is 11.8 Å². The molecule has 6 heteroatoms. The summed E-state index contributed by atoms with van der Waals surface area (Å²) in [6, 6.07) is 21.1. The zero-order valence-electron chi connectivity index (χ0n) is 19.1. The molecule has 0 spiro atoms. The Labute approximate surface area is 194 Å². The number of nitrogens with zero attached hydrogens (tertiary/aromatic N) is 2. The number of ether oxygens (including phenoxy) is 1. The number of esters is 1. The van der Waals surface area contributed by atoms with Gasteiger partial charge in [-0.25, -0.2) is 4.79 Å². The van der Waals surface area contributed by atoms with Crippen molar-refractivity contribution in [2.45, 2.75) is 26.7 Å². The third kappa shape index (κ3) is 5.78. The molecule has 0 aliphatic heterocycles. The first-order valence-electron chi connectivity index (χ1n) is 10.8. The molecule has 0 aliphatic rings. The Kier molecular flexibility index (Phi) is 7.82. The molecule has 3 rings (SSSR count). The molecule has 0 aliphatic carbocycles. The van der Waals surface area contributed by atoms with E-state index in [1.807, 2.05) is 60.9 Å². The molecule has 0 fully saturated rings. The van der Waals surface area contributed by atoms with Crippen LogP contribution in [0.4, 0.5) is 0 Å². The minimum atomic E-state index is -0.389. The molecular formula is C27H27N3O3. The number of carbonyl (C=O) groups is 2. The molecule has 1 amide bonds. The van der Waals surface area contributed by atoms with E-state index in [1.165, 1.54) is 12.7 Å². The summed E-state index contributed by atoms with van der Waals surface area (Å²) in [6.45, 7) is 4.38. The van der Waals surface area contributed by atoms with E-state index in [0.29, 0.717) is 12.1 Å². The second-order valence-corrected chi connectivity index (χ2v) is 7.72. The van der Waals surface area contributed by atoms with Crippen LogP contribution in [-0.2, 0) is 16.0 Å². The molecule has 33 heavy (non-hydrogen) atoms. The molecule has 2 aromatic carbocycles. The van der Waals surface area contributed by atoms with Gasteiger partial charge in [-0.3, -0.25) is 4.79 Å². The number of nitriles is 1. The first-order valence-corrected chi connectivity index (χ1v) is 10.8. The van der Waals surface area contributed by atoms with Gasteiger partial charge >= 0.3 is 5.97 Å². The number of carbonyl (C=O) groups excluding carboxylic acids is 2. The lowest BCUT2D eigenvalue weighted by atomic mass is 10.1. The first kappa shape index (κ1) is 23.6. The van der Waals surface area contributed by atoms with Gasteiger partial charge in [-0.2, -0.15) is 5.26 Å². The normalized spacial score (nSPS) is 11.0. The molecule has 1 aromatic heterocycles. The lowest BCUT2D eigenvalue weighted by Gasteiger charge is -2.10. The van der Waals surface area contributed by atoms with Gasteiger partial charge in [0.05, 0.1) is 12.7 Å². The number of rotatable bonds is 8. The summed E-state index contributed by atoms with van der Waals surface area (Å²) in [7, 11) is 1.35. The molecule has 1 heterocycles. The highest BCUT2D eigenvalue weighted by Crippen LogP contribution is 2.23. The molecule has 0 unspecified atom stereocenters. The predicted octanol–water partition coefficient (Wildman–Crippen LogP) is 4.54. The van der Waals surface area contributed by atoms with Crippen LogP contribution in [0.25, 0.3) is 11.8 Å². The van der Waals surface area contributed by atoms with Crippen molar-refractivity contribution in [1.82, 2.24) is 9.88 Å². The predicted molar refractivity (Wildman–Crippen MR) is 128 cm³/mol. The molecule has 1 N–H and O–H groups in total. The Morgan fingerprint density at radius 2 is 1.79 bits per heavy atom. The lowest BCUT2D eigenvalue weighted by Crippen LogP contribution is -2.25. The van der Waals surface area contributed by atoms with E-state index in [2.05, 4.69) is 17.4 Å². The van der Waals surface area contributed by atoms with Gasteiger partial charge in [-0.05, 0) is 74.2 Å². The fourth-order valence-corrected chi connectivity index (χ4v) is 3.73. The second kappa shape index (κ2) is 11.0. The summed E-state index contributed by atoms with van der Waals surface area (Å²) in [4.78, 5) is 24.2. The molecule has 0 bridgehead atoms. The van der Waals surface area contributed by atoms with E-state index >= 15 is 0 Å². The Hall–Kier alpha value is -4.11. The van der Waals surface area contributed by atoms with E-state index in [1.54, 1.807) is 18.2 Å². The van der Waals surface area contributed by atoms with E-state index < -0.39 is 0 Å². The number of hydrogen-bond donors (Lipinski definition) is 1. The summed E-state index contributed by atoms with van der Waals surface area (Å²) < 4.78 is 6.76. The fourth-order valence-electron chi connectivity index (χ4n) is 3.73. The summed E-state index contributed by atoms with van der Waals surface area (Å²) in [5, 5.41) is 12.4. The highest BCUT2D eigenvalue weighted by atomic mass is 16.5. The number of methoxy groups -OCH3 is 1. The Morgan fingerprint density at radius 1 is 1.09 bits per heavy atom. The monoisotopic (exact) mass is 441 g/mol. The van der Waals surface area contributed by atoms with E-state index in [0.717, 1.165) is 35.5 Å². The average Bonchev–Trinajstić information content (AvgIpc) is 3.12. The van der Waals surface area contributed by atoms with Crippen LogP contribution in [0.5, 0.6) is 0 Å². The SMILES string of the molecule is COC(=O)c1ccc(-n2c(C)cc(/C=C(/C#N)C(=O)NCCCc3ccccc3)c2C)cc1. The van der Waals surface area contributed by atoms with Gasteiger partial charge < -0.3 is 14.6 Å². The van der Waals surface area contributed by atoms with Gasteiger partial charge in [0, 0.05) is 23.6 Å². The third-order valence-electron chi connectivity index (χ3n) is 5.45. The maximum atomic E-state index is 12.5. The highest BCUT2D eigenvalue weighted by molar-refractivity contribution is 6.01. The first-order chi connectivity index (χ1) is 15.9. The van der Waals surface area contributed by atoms with Crippen LogP contribution in [-0.4, -0.2) is 30.1 Å². The van der Waals surface area contributed by atoms with Crippen LogP contribution in [0.2, 0.25) is 0 Å². The standard InChI is InChI=1S/C27H27N3O3/c1-19-16-23(20(2)30(19)25-13-11-22(12-14-25)27(32)33-3)17-24(18-28)26(31)29-15-7-10-21-8-5-4-6-9-21/h4-6,8-9,11-14,16-17H,7,10,15H2,1-3H3,(H,29,31)/b24-17-. The molecule has 0 saturated heterocycles. The topological polar surface area (TPSA) is 84.1 Å². The maximum Gasteiger partial charge on any atom is 0.337 e. The van der Waals surface area contributed by atoms with Crippen LogP contribution < -0.4 is 5.32 Å². The Bertz CT molecular complexity index is 1200. The third-order valence-corrected chi connectivity index (χ3v) is 5.45. The fraction of sp³-hybridized carbons (Fsp3) is 0.222. The van der Waals surface area contributed by atoms with Crippen molar-refractivity contribution >= 4 is 18.0 Å². The minimum absolute atomic E-state index is 0.0657. The number of aromatic nitrogens is 1. The summed E-state index contributed by atoms with van der Waals surface area (Å²) in [6.07, 6.45) is 3.28. The highest BCUT2D eigenvalue weighted by Gasteiger charge is 2.14. The zero-order chi connectivity index (χ0) is 23.8. The number of amides is 1. The van der Waals surface area contributed by atoms with E-state index in [9.17, 15) is 14.9 Å². The van der Waals surface area contributed by atoms with Crippen LogP contribution in [0.3, 0.4) is 0 Å². The quantitative estimate of drug-likeness (QED) is 0.241. The molecule has 0 radical (unpaired) electrons. The summed E-state index contributed by atoms with van der Waals surface area (Å²) >= 11 is 0. The van der Waals surface area contributed by atoms with Crippen molar-refractivity contribution < 1.29 is 14.3 Å². The summed E-state index contributed by atoms with van der Waals surface area (Å²) in [5.41, 5.74) is 5.26. The number of benzene rings is 2. The Morgan fingerprint density at radius 3 is 2.42 bits per heavy atom. The average molecular weight is 442 g/mol. The van der Waals surface area contributed by atoms with Gasteiger partial charge in [0.25, 0.3) is 5.91 Å². The van der Waals surface area contributed by atoms with Crippen molar-refractivity contribution in [2.24, 2.45) is 0 Å². The van der Waals surface area contributed by atoms with E-state index in [-0.39, 0.29) is 17.4 Å². The second-order valence-electron chi connectivity index (χ2n) is 7.72. The summed E-state index contributed by atoms with van der Waals surface area (Å²) in [5.74, 6) is -0.766. The number of nitrogens with one attached hydrogen (secondary N) is 1. The van der Waals surface area contributed by atoms with Crippen LogP contribution >= 0.6 is 0 Å². The molecule has 3 aromatic rings. The molecule has 6 nitrogen and oxygen atoms in total. The van der Waals surface area contributed by atoms with Crippen LogP contribution in [0, 0.1) is 25.2 Å². The minimum Gasteiger partial charge on any atom is -0.465 e. The lowest BCUT2D eigenvalue weighted by molar-refractivity contribution is -0.117. The van der Waals surface area contributed by atoms with Gasteiger partial charge in [-0.1, -0.05) is 30.3 Å². The smallest absolute Gasteiger partial charge is 0.337 e. The van der Waals surface area contributed by atoms with E-state index in [4.69, 9.17) is 4.74 Å². The Balaban J connectivity index is 1.71. The van der Waals surface area contributed by atoms with Gasteiger partial charge in [-0.15, -0.1) is 0 Å². The van der Waals surface area contributed by atoms with Crippen molar-refractivity contribution in [1.29, 1.82) is 5.26 Å². The molecule has 0 atom stereocenters. The number of aryl methyl sites for hydroxylation is 2. The van der Waals surface area contributed by atoms with Gasteiger partial charge in [0.1, 0.15) is 11.6 Å². The van der Waals surface area contributed by atoms with Gasteiger partial charge in [0.2, 0.25) is 0 Å². The molecular weight excluding hydrogens is 414 g/mol. The zero-order valence-corrected chi connectivity index (χ0v) is 19.1. The number of hydrogen-bond acceptors (Lipinski definition) is 4. The maximum absolute atomic E-state index is 12.5. The van der Waals surface area contributed by atoms with Crippen LogP contribution in [0.1, 0.15) is 39.3 Å². The van der Waals surface area contributed by atoms with Crippen molar-refractivity contribution in [2.75, 3.05) is 13.7 Å². The van der Waals surface area contributed by atoms with Gasteiger partial charge in [0.15, 0.2) is 0 Å². The molecule has 0 saturated carbocycles. The van der Waals surface area contributed by atoms with Crippen LogP contribution in [0.15, 0.2) is 66.2 Å². The van der Waals surface area contributed by atoms with Crippen molar-refractivity contribution in [3.05, 3.63) is 94.3 Å². The van der Waals surface area contributed by atoms with Crippen molar-refractivity contribution in [3.63, 3.8) is 0 Å². The molecule has 168 valence electrons.